The molecule has 0 fully saturated rings. The van der Waals surface area contributed by atoms with Crippen LogP contribution in [-0.2, 0) is 14.3 Å². The van der Waals surface area contributed by atoms with Gasteiger partial charge in [0.25, 0.3) is 0 Å². The maximum absolute atomic E-state index is 12.1. The van der Waals surface area contributed by atoms with Crippen LogP contribution >= 0.6 is 23.5 Å². The smallest absolute Gasteiger partial charge is 0.316 e. The van der Waals surface area contributed by atoms with Crippen LogP contribution in [0.2, 0.25) is 0 Å². The number of hydrogen-bond donors (Lipinski definition) is 0. The number of esters is 1. The molecule has 0 bridgehead atoms. The molecular weight excluding hydrogens is 354 g/mol. The van der Waals surface area contributed by atoms with Crippen LogP contribution in [0.1, 0.15) is 33.3 Å². The first-order valence-electron chi connectivity index (χ1n) is 7.83. The zero-order chi connectivity index (χ0) is 18.4. The molecule has 1 heterocycles. The van der Waals surface area contributed by atoms with Crippen molar-refractivity contribution in [2.24, 2.45) is 4.99 Å². The van der Waals surface area contributed by atoms with Crippen molar-refractivity contribution in [3.8, 4) is 0 Å². The predicted molar refractivity (Wildman–Crippen MR) is 107 cm³/mol. The van der Waals surface area contributed by atoms with Crippen LogP contribution in [0, 0.1) is 0 Å². The number of aliphatic imine (C=N–C) groups is 1. The maximum atomic E-state index is 12.1. The molecular formula is C19H21NO3S2. The second kappa shape index (κ2) is 8.54. The van der Waals surface area contributed by atoms with Gasteiger partial charge in [0.05, 0.1) is 5.75 Å². The quantitative estimate of drug-likeness (QED) is 0.565. The van der Waals surface area contributed by atoms with Gasteiger partial charge in [-0.25, -0.2) is 4.99 Å². The van der Waals surface area contributed by atoms with E-state index in [-0.39, 0.29) is 16.8 Å². The number of thioether (sulfide) groups is 2. The molecule has 0 amide bonds. The van der Waals surface area contributed by atoms with Gasteiger partial charge in [-0.2, -0.15) is 0 Å². The topological polar surface area (TPSA) is 55.7 Å². The highest BCUT2D eigenvalue weighted by Crippen LogP contribution is 2.31. The highest BCUT2D eigenvalue weighted by Gasteiger charge is 2.24. The van der Waals surface area contributed by atoms with E-state index >= 15 is 0 Å². The third-order valence-electron chi connectivity index (χ3n) is 2.89. The summed E-state index contributed by atoms with van der Waals surface area (Å²) in [7, 11) is 0. The van der Waals surface area contributed by atoms with Gasteiger partial charge in [-0.05, 0) is 56.7 Å². The summed E-state index contributed by atoms with van der Waals surface area (Å²) in [6.45, 7) is 7.40. The van der Waals surface area contributed by atoms with E-state index in [1.54, 1.807) is 6.08 Å². The molecule has 132 valence electrons. The van der Waals surface area contributed by atoms with Crippen molar-refractivity contribution in [2.45, 2.75) is 33.3 Å². The predicted octanol–water partition coefficient (Wildman–Crippen LogP) is 4.68. The zero-order valence-electron chi connectivity index (χ0n) is 14.7. The Morgan fingerprint density at radius 3 is 2.60 bits per heavy atom. The number of hydrogen-bond acceptors (Lipinski definition) is 6. The van der Waals surface area contributed by atoms with Crippen molar-refractivity contribution < 1.29 is 14.3 Å². The number of benzene rings is 1. The van der Waals surface area contributed by atoms with Gasteiger partial charge in [-0.1, -0.05) is 48.2 Å². The van der Waals surface area contributed by atoms with Gasteiger partial charge in [0.1, 0.15) is 15.7 Å². The van der Waals surface area contributed by atoms with E-state index in [2.05, 4.69) is 4.99 Å². The average Bonchev–Trinajstić information content (AvgIpc) is 2.84. The lowest BCUT2D eigenvalue weighted by Gasteiger charge is -2.19. The molecule has 4 nitrogen and oxygen atoms in total. The van der Waals surface area contributed by atoms with E-state index in [0.29, 0.717) is 10.1 Å². The third-order valence-corrected chi connectivity index (χ3v) is 4.87. The van der Waals surface area contributed by atoms with Gasteiger partial charge in [0.2, 0.25) is 5.12 Å². The Labute approximate surface area is 156 Å². The second-order valence-corrected chi connectivity index (χ2v) is 8.66. The first kappa shape index (κ1) is 19.5. The minimum absolute atomic E-state index is 0.104. The van der Waals surface area contributed by atoms with Crippen molar-refractivity contribution in [1.29, 1.82) is 0 Å². The molecule has 0 atom stereocenters. The molecule has 2 rings (SSSR count). The molecule has 1 aliphatic rings. The van der Waals surface area contributed by atoms with E-state index in [9.17, 15) is 9.59 Å². The van der Waals surface area contributed by atoms with Crippen LogP contribution in [0.15, 0.2) is 52.7 Å². The summed E-state index contributed by atoms with van der Waals surface area (Å²) in [5.41, 5.74) is 1.90. The lowest BCUT2D eigenvalue weighted by molar-refractivity contribution is -0.151. The fourth-order valence-electron chi connectivity index (χ4n) is 2.01. The van der Waals surface area contributed by atoms with Crippen LogP contribution in [0.4, 0.5) is 0 Å². The van der Waals surface area contributed by atoms with Gasteiger partial charge < -0.3 is 4.74 Å². The second-order valence-electron chi connectivity index (χ2n) is 6.47. The Kier molecular flexibility index (Phi) is 6.67. The summed E-state index contributed by atoms with van der Waals surface area (Å²) in [5.74, 6) is -0.173. The highest BCUT2D eigenvalue weighted by atomic mass is 32.2. The Morgan fingerprint density at radius 2 is 1.96 bits per heavy atom. The molecule has 0 radical (unpaired) electrons. The SMILES string of the molecule is CC(=Cc1ccccc1)C=C1N=C(SCC(=O)OC(C)(C)C)SC1=O. The molecule has 1 aromatic carbocycles. The van der Waals surface area contributed by atoms with Crippen LogP contribution in [0.25, 0.3) is 6.08 Å². The van der Waals surface area contributed by atoms with Crippen molar-refractivity contribution in [3.05, 3.63) is 53.2 Å². The minimum Gasteiger partial charge on any atom is -0.459 e. The molecule has 0 spiro atoms. The summed E-state index contributed by atoms with van der Waals surface area (Å²) in [6, 6.07) is 9.89. The molecule has 1 aromatic rings. The first-order chi connectivity index (χ1) is 11.7. The number of nitrogens with zero attached hydrogens (tertiary/aromatic N) is 1. The Morgan fingerprint density at radius 1 is 1.28 bits per heavy atom. The van der Waals surface area contributed by atoms with E-state index in [1.807, 2.05) is 64.1 Å². The average molecular weight is 376 g/mol. The van der Waals surface area contributed by atoms with Crippen LogP contribution < -0.4 is 0 Å². The normalized spacial score (nSPS) is 17.0. The van der Waals surface area contributed by atoms with Gasteiger partial charge in [0.15, 0.2) is 0 Å². The summed E-state index contributed by atoms with van der Waals surface area (Å²) < 4.78 is 5.83. The molecule has 6 heteroatoms. The number of rotatable bonds is 4. The number of carbonyl (C=O) groups is 2. The van der Waals surface area contributed by atoms with Crippen LogP contribution in [0.5, 0.6) is 0 Å². The number of allylic oxidation sites excluding steroid dienone is 2. The molecule has 0 saturated carbocycles. The molecule has 0 unspecified atom stereocenters. The van der Waals surface area contributed by atoms with Crippen molar-refractivity contribution in [1.82, 2.24) is 0 Å². The number of carbonyl (C=O) groups excluding carboxylic acids is 2. The summed E-state index contributed by atoms with van der Waals surface area (Å²) >= 11 is 2.28. The van der Waals surface area contributed by atoms with E-state index in [0.717, 1.165) is 22.9 Å². The van der Waals surface area contributed by atoms with E-state index in [4.69, 9.17) is 4.74 Å². The maximum Gasteiger partial charge on any atom is 0.316 e. The number of ether oxygens (including phenoxy) is 1. The largest absolute Gasteiger partial charge is 0.459 e. The van der Waals surface area contributed by atoms with Gasteiger partial charge in [-0.15, -0.1) is 0 Å². The van der Waals surface area contributed by atoms with E-state index < -0.39 is 5.60 Å². The fourth-order valence-corrected chi connectivity index (χ4v) is 3.63. The molecule has 25 heavy (non-hydrogen) atoms. The van der Waals surface area contributed by atoms with Crippen molar-refractivity contribution in [3.63, 3.8) is 0 Å². The van der Waals surface area contributed by atoms with Gasteiger partial charge in [-0.3, -0.25) is 9.59 Å². The van der Waals surface area contributed by atoms with Gasteiger partial charge >= 0.3 is 5.97 Å². The highest BCUT2D eigenvalue weighted by molar-refractivity contribution is 8.45. The summed E-state index contributed by atoms with van der Waals surface area (Å²) in [6.07, 6.45) is 3.76. The molecule has 0 saturated heterocycles. The Balaban J connectivity index is 1.99. The van der Waals surface area contributed by atoms with E-state index in [1.165, 1.54) is 11.8 Å². The Bertz CT molecular complexity index is 744. The molecule has 1 aliphatic heterocycles. The fraction of sp³-hybridized carbons (Fsp3) is 0.316. The zero-order valence-corrected chi connectivity index (χ0v) is 16.4. The first-order valence-corrected chi connectivity index (χ1v) is 9.64. The lowest BCUT2D eigenvalue weighted by Crippen LogP contribution is -2.25. The van der Waals surface area contributed by atoms with Crippen molar-refractivity contribution >= 4 is 45.1 Å². The minimum atomic E-state index is -0.511. The van der Waals surface area contributed by atoms with Crippen LogP contribution in [-0.4, -0.2) is 26.8 Å². The standard InChI is InChI=1S/C19H21NO3S2/c1-13(10-14-8-6-5-7-9-14)11-15-17(22)25-18(20-15)24-12-16(21)23-19(2,3)4/h5-11H,12H2,1-4H3. The third kappa shape index (κ3) is 6.92. The summed E-state index contributed by atoms with van der Waals surface area (Å²) in [4.78, 5) is 28.1. The van der Waals surface area contributed by atoms with Crippen molar-refractivity contribution in [2.75, 3.05) is 5.75 Å². The lowest BCUT2D eigenvalue weighted by atomic mass is 10.1. The van der Waals surface area contributed by atoms with Gasteiger partial charge in [0, 0.05) is 0 Å². The Hall–Kier alpha value is -1.79. The summed E-state index contributed by atoms with van der Waals surface area (Å²) in [5, 5.41) is -0.104. The molecule has 0 N–H and O–H groups in total. The molecule has 0 aliphatic carbocycles. The molecule has 0 aromatic heterocycles. The van der Waals surface area contributed by atoms with Crippen LogP contribution in [0.3, 0.4) is 0 Å². The monoisotopic (exact) mass is 375 g/mol.